The van der Waals surface area contributed by atoms with Gasteiger partial charge >= 0.3 is 0 Å². The van der Waals surface area contributed by atoms with E-state index in [-0.39, 0.29) is 22.0 Å². The van der Waals surface area contributed by atoms with E-state index >= 15 is 0 Å². The Hall–Kier alpha value is -6.19. The largest absolute Gasteiger partial charge is 0.310 e. The van der Waals surface area contributed by atoms with Crippen LogP contribution in [0.25, 0.3) is 11.1 Å². The van der Waals surface area contributed by atoms with Crippen molar-refractivity contribution < 1.29 is 4.79 Å². The Kier molecular flexibility index (Phi) is 7.07. The normalized spacial score (nSPS) is 16.6. The van der Waals surface area contributed by atoms with E-state index in [0.717, 1.165) is 44.8 Å². The van der Waals surface area contributed by atoms with Crippen molar-refractivity contribution >= 4 is 39.9 Å². The first kappa shape index (κ1) is 33.4. The van der Waals surface area contributed by atoms with Crippen LogP contribution in [0.1, 0.15) is 90.8 Å². The van der Waals surface area contributed by atoms with Gasteiger partial charge in [-0.2, -0.15) is 0 Å². The minimum atomic E-state index is -0.325. The number of carbonyl (C=O) groups excluding carboxylic acids is 1. The number of anilines is 6. The summed E-state index contributed by atoms with van der Waals surface area (Å²) in [6.45, 7) is 14.0. The van der Waals surface area contributed by atoms with Gasteiger partial charge in [-0.3, -0.25) is 4.79 Å². The second-order valence-electron chi connectivity index (χ2n) is 17.0. The summed E-state index contributed by atoms with van der Waals surface area (Å²) >= 11 is 0. The smallest absolute Gasteiger partial charge is 0.193 e. The number of para-hydroxylation sites is 3. The zero-order chi connectivity index (χ0) is 37.9. The molecule has 0 fully saturated rings. The molecular weight excluding hydrogens is 669 g/mol. The third-order valence-corrected chi connectivity index (χ3v) is 12.8. The van der Waals surface area contributed by atoms with Gasteiger partial charge in [-0.25, -0.2) is 0 Å². The Morgan fingerprint density at radius 3 is 1.42 bits per heavy atom. The van der Waals surface area contributed by atoms with E-state index in [0.29, 0.717) is 0 Å². The molecule has 0 saturated carbocycles. The van der Waals surface area contributed by atoms with Gasteiger partial charge in [-0.05, 0) is 105 Å². The molecule has 7 aromatic carbocycles. The van der Waals surface area contributed by atoms with Crippen LogP contribution in [0.15, 0.2) is 158 Å². The summed E-state index contributed by atoms with van der Waals surface area (Å²) in [5, 5.41) is 0. The average Bonchev–Trinajstić information content (AvgIpc) is 3.20. The van der Waals surface area contributed by atoms with Gasteiger partial charge in [0.2, 0.25) is 0 Å². The van der Waals surface area contributed by atoms with E-state index in [9.17, 15) is 4.79 Å². The van der Waals surface area contributed by atoms with Gasteiger partial charge in [0.1, 0.15) is 0 Å². The molecule has 0 amide bonds. The zero-order valence-corrected chi connectivity index (χ0v) is 32.3. The van der Waals surface area contributed by atoms with Crippen LogP contribution in [0.2, 0.25) is 0 Å². The van der Waals surface area contributed by atoms with Crippen molar-refractivity contribution in [3.05, 3.63) is 202 Å². The molecule has 0 aromatic heterocycles. The van der Waals surface area contributed by atoms with Gasteiger partial charge in [0, 0.05) is 38.7 Å². The van der Waals surface area contributed by atoms with Crippen LogP contribution in [-0.4, -0.2) is 5.78 Å². The Balaban J connectivity index is 1.18. The van der Waals surface area contributed by atoms with Crippen molar-refractivity contribution in [1.29, 1.82) is 0 Å². The minimum Gasteiger partial charge on any atom is -0.310 e. The third kappa shape index (κ3) is 4.72. The molecule has 3 heteroatoms. The Labute approximate surface area is 324 Å². The molecule has 3 aliphatic rings. The van der Waals surface area contributed by atoms with Crippen molar-refractivity contribution in [2.24, 2.45) is 0 Å². The number of rotatable bonds is 3. The Morgan fingerprint density at radius 2 is 0.782 bits per heavy atom. The van der Waals surface area contributed by atoms with E-state index in [4.69, 9.17) is 0 Å². The van der Waals surface area contributed by atoms with E-state index in [1.54, 1.807) is 0 Å². The van der Waals surface area contributed by atoms with Gasteiger partial charge in [0.25, 0.3) is 0 Å². The van der Waals surface area contributed by atoms with Crippen molar-refractivity contribution in [3.8, 4) is 11.1 Å². The highest BCUT2D eigenvalue weighted by Crippen LogP contribution is 2.59. The summed E-state index contributed by atoms with van der Waals surface area (Å²) in [4.78, 5) is 18.6. The maximum atomic E-state index is 13.7. The zero-order valence-electron chi connectivity index (χ0n) is 32.3. The number of benzene rings is 7. The van der Waals surface area contributed by atoms with E-state index in [1.807, 2.05) is 24.3 Å². The Bertz CT molecular complexity index is 2700. The average molecular weight is 713 g/mol. The van der Waals surface area contributed by atoms with Crippen LogP contribution in [0.4, 0.5) is 34.1 Å². The van der Waals surface area contributed by atoms with Crippen LogP contribution in [0.5, 0.6) is 0 Å². The number of carbonyl (C=O) groups is 1. The van der Waals surface area contributed by atoms with Crippen LogP contribution in [0.3, 0.4) is 0 Å². The highest BCUT2D eigenvalue weighted by atomic mass is 16.1. The lowest BCUT2D eigenvalue weighted by Crippen LogP contribution is -2.35. The second-order valence-corrected chi connectivity index (χ2v) is 17.0. The summed E-state index contributed by atoms with van der Waals surface area (Å²) in [5.74, 6) is 0.109. The summed E-state index contributed by atoms with van der Waals surface area (Å²) < 4.78 is 0. The summed E-state index contributed by atoms with van der Waals surface area (Å²) in [6, 6.07) is 56.9. The van der Waals surface area contributed by atoms with Crippen molar-refractivity contribution in [2.45, 2.75) is 57.8 Å². The number of hydrogen-bond acceptors (Lipinski definition) is 3. The lowest BCUT2D eigenvalue weighted by molar-refractivity contribution is 0.103. The summed E-state index contributed by atoms with van der Waals surface area (Å²) in [5.41, 5.74) is 17.5. The highest BCUT2D eigenvalue weighted by molar-refractivity contribution is 6.13. The maximum absolute atomic E-state index is 13.7. The molecule has 2 aliphatic heterocycles. The topological polar surface area (TPSA) is 23.6 Å². The predicted octanol–water partition coefficient (Wildman–Crippen LogP) is 13.4. The molecule has 2 heterocycles. The molecule has 1 aliphatic carbocycles. The van der Waals surface area contributed by atoms with Gasteiger partial charge in [0.05, 0.1) is 22.7 Å². The fraction of sp³-hybridized carbons (Fsp3) is 0.173. The first-order valence-electron chi connectivity index (χ1n) is 19.4. The second kappa shape index (κ2) is 11.7. The molecule has 0 unspecified atom stereocenters. The molecule has 7 aromatic rings. The molecule has 0 radical (unpaired) electrons. The number of nitrogens with zero attached hydrogens (tertiary/aromatic N) is 2. The lowest BCUT2D eigenvalue weighted by atomic mass is 9.67. The molecule has 268 valence electrons. The third-order valence-electron chi connectivity index (χ3n) is 12.8. The van der Waals surface area contributed by atoms with E-state index in [1.165, 1.54) is 45.0 Å². The quantitative estimate of drug-likeness (QED) is 0.182. The summed E-state index contributed by atoms with van der Waals surface area (Å²) in [7, 11) is 0. The summed E-state index contributed by atoms with van der Waals surface area (Å²) in [6.07, 6.45) is 0. The van der Waals surface area contributed by atoms with Crippen molar-refractivity contribution in [1.82, 2.24) is 0 Å². The van der Waals surface area contributed by atoms with Gasteiger partial charge in [-0.15, -0.1) is 0 Å². The van der Waals surface area contributed by atoms with Gasteiger partial charge < -0.3 is 9.80 Å². The van der Waals surface area contributed by atoms with Gasteiger partial charge in [-0.1, -0.05) is 139 Å². The number of hydrogen-bond donors (Lipinski definition) is 0. The van der Waals surface area contributed by atoms with E-state index in [2.05, 4.69) is 185 Å². The van der Waals surface area contributed by atoms with Crippen LogP contribution < -0.4 is 9.80 Å². The molecule has 3 nitrogen and oxygen atoms in total. The van der Waals surface area contributed by atoms with Crippen LogP contribution in [-0.2, 0) is 16.2 Å². The molecule has 0 N–H and O–H groups in total. The number of fused-ring (bicyclic) bond motifs is 6. The molecule has 0 saturated heterocycles. The lowest BCUT2D eigenvalue weighted by Gasteiger charge is -2.47. The van der Waals surface area contributed by atoms with Gasteiger partial charge in [0.15, 0.2) is 5.78 Å². The number of ketones is 1. The molecule has 55 heavy (non-hydrogen) atoms. The molecule has 0 atom stereocenters. The van der Waals surface area contributed by atoms with Crippen molar-refractivity contribution in [3.63, 3.8) is 0 Å². The highest BCUT2D eigenvalue weighted by Gasteiger charge is 2.43. The fourth-order valence-electron chi connectivity index (χ4n) is 9.77. The predicted molar refractivity (Wildman–Crippen MR) is 228 cm³/mol. The van der Waals surface area contributed by atoms with Crippen LogP contribution in [0, 0.1) is 0 Å². The first-order valence-corrected chi connectivity index (χ1v) is 19.4. The molecule has 10 rings (SSSR count). The SMILES string of the molecule is CC1(C)c2ccccc2C(=O)c2ccc(-c3ccc4c(c3)C(C)(C)c3cc5c(cc3N4c3ccccc3)N(c3ccccc3)c3ccccc3C5(C)C)cc21. The minimum absolute atomic E-state index is 0.109. The monoisotopic (exact) mass is 712 g/mol. The molecule has 0 spiro atoms. The molecular formula is C52H44N2O. The first-order chi connectivity index (χ1) is 26.5. The molecule has 0 bridgehead atoms. The van der Waals surface area contributed by atoms with Crippen molar-refractivity contribution in [2.75, 3.05) is 9.80 Å². The maximum Gasteiger partial charge on any atom is 0.193 e. The van der Waals surface area contributed by atoms with E-state index < -0.39 is 0 Å². The fourth-order valence-corrected chi connectivity index (χ4v) is 9.77. The standard InChI is InChI=1S/C52H44N2O/c1-50(2)39-22-14-13-21-37(39)49(55)38-27-25-33(29-41(38)50)34-26-28-46-42(30-34)52(5,6)44-31-43-47(32-48(44)54(46)36-19-11-8-12-20-36)53(35-17-9-7-10-18-35)45-24-16-15-23-40(45)51(43,3)4/h7-32H,1-6H3. The Morgan fingerprint density at radius 1 is 0.345 bits per heavy atom. The van der Waals surface area contributed by atoms with Crippen LogP contribution >= 0.6 is 0 Å².